The zero-order valence-corrected chi connectivity index (χ0v) is 16.0. The molecular formula is C18H22N2O8. The molecule has 0 aliphatic heterocycles. The van der Waals surface area contributed by atoms with Gasteiger partial charge < -0.3 is 19.5 Å². The Morgan fingerprint density at radius 1 is 1.18 bits per heavy atom. The summed E-state index contributed by atoms with van der Waals surface area (Å²) in [5.74, 6) is -1.94. The highest BCUT2D eigenvalue weighted by molar-refractivity contribution is 5.90. The first kappa shape index (κ1) is 21.1. The minimum Gasteiger partial charge on any atom is -0.469 e. The van der Waals surface area contributed by atoms with E-state index in [-0.39, 0.29) is 17.7 Å². The second-order valence-electron chi connectivity index (χ2n) is 7.29. The first-order valence-electron chi connectivity index (χ1n) is 8.54. The van der Waals surface area contributed by atoms with E-state index in [4.69, 9.17) is 14.2 Å². The van der Waals surface area contributed by atoms with E-state index in [2.05, 4.69) is 5.32 Å². The molecule has 152 valence electrons. The summed E-state index contributed by atoms with van der Waals surface area (Å²) in [6, 6.07) is 4.11. The van der Waals surface area contributed by atoms with Crippen LogP contribution in [0.3, 0.4) is 0 Å². The molecule has 1 aliphatic carbocycles. The van der Waals surface area contributed by atoms with Gasteiger partial charge in [0.25, 0.3) is 5.69 Å². The maximum Gasteiger partial charge on any atom is 0.408 e. The van der Waals surface area contributed by atoms with Crippen LogP contribution in [0.5, 0.6) is 0 Å². The lowest BCUT2D eigenvalue weighted by atomic mass is 9.76. The standard InChI is InChI=1S/C18H22N2O8/c1-18(2,3)28-17(23)19-14-12(16(22)26-4)9-13(14)27-15(21)10-5-7-11(8-6-10)20(24)25/h5-8,12-14H,9H2,1-4H3,(H,19,23)/t12-,13-,14-/m1/s1. The monoisotopic (exact) mass is 394 g/mol. The van der Waals surface area contributed by atoms with Gasteiger partial charge in [0, 0.05) is 18.6 Å². The molecule has 1 aromatic carbocycles. The third-order valence-corrected chi connectivity index (χ3v) is 4.08. The lowest BCUT2D eigenvalue weighted by Crippen LogP contribution is -2.61. The normalized spacial score (nSPS) is 21.1. The van der Waals surface area contributed by atoms with Crippen molar-refractivity contribution in [3.05, 3.63) is 39.9 Å². The molecule has 0 heterocycles. The second-order valence-corrected chi connectivity index (χ2v) is 7.29. The smallest absolute Gasteiger partial charge is 0.408 e. The summed E-state index contributed by atoms with van der Waals surface area (Å²) in [6.45, 7) is 5.08. The molecule has 1 aliphatic rings. The number of non-ortho nitro benzene ring substituents is 1. The van der Waals surface area contributed by atoms with Crippen molar-refractivity contribution in [2.24, 2.45) is 5.92 Å². The molecule has 3 atom stereocenters. The van der Waals surface area contributed by atoms with Crippen LogP contribution in [0, 0.1) is 16.0 Å². The molecule has 10 heteroatoms. The van der Waals surface area contributed by atoms with Crippen LogP contribution in [0.2, 0.25) is 0 Å². The Morgan fingerprint density at radius 3 is 2.29 bits per heavy atom. The minimum atomic E-state index is -0.802. The van der Waals surface area contributed by atoms with Gasteiger partial charge in [0.2, 0.25) is 0 Å². The average Bonchev–Trinajstić information content (AvgIpc) is 2.60. The molecule has 1 amide bonds. The Morgan fingerprint density at radius 2 is 1.79 bits per heavy atom. The van der Waals surface area contributed by atoms with E-state index in [0.717, 1.165) is 0 Å². The van der Waals surface area contributed by atoms with E-state index >= 15 is 0 Å². The highest BCUT2D eigenvalue weighted by Gasteiger charge is 2.50. The zero-order chi connectivity index (χ0) is 21.1. The Labute approximate surface area is 161 Å². The number of nitrogens with zero attached hydrogens (tertiary/aromatic N) is 1. The highest BCUT2D eigenvalue weighted by Crippen LogP contribution is 2.33. The van der Waals surface area contributed by atoms with Gasteiger partial charge in [0.05, 0.1) is 29.6 Å². The summed E-state index contributed by atoms with van der Waals surface area (Å²) < 4.78 is 15.2. The molecule has 1 N–H and O–H groups in total. The lowest BCUT2D eigenvalue weighted by Gasteiger charge is -2.42. The van der Waals surface area contributed by atoms with Gasteiger partial charge in [0.15, 0.2) is 0 Å². The van der Waals surface area contributed by atoms with Gasteiger partial charge in [-0.05, 0) is 32.9 Å². The summed E-state index contributed by atoms with van der Waals surface area (Å²) >= 11 is 0. The van der Waals surface area contributed by atoms with Crippen LogP contribution in [0.1, 0.15) is 37.6 Å². The molecular weight excluding hydrogens is 372 g/mol. The molecule has 1 saturated carbocycles. The molecule has 0 aromatic heterocycles. The summed E-state index contributed by atoms with van der Waals surface area (Å²) in [5, 5.41) is 13.2. The van der Waals surface area contributed by atoms with Crippen LogP contribution in [0.25, 0.3) is 0 Å². The van der Waals surface area contributed by atoms with Gasteiger partial charge in [-0.1, -0.05) is 0 Å². The maximum absolute atomic E-state index is 12.3. The van der Waals surface area contributed by atoms with Gasteiger partial charge >= 0.3 is 18.0 Å². The predicted octanol–water partition coefficient (Wildman–Crippen LogP) is 2.21. The van der Waals surface area contributed by atoms with Gasteiger partial charge in [-0.3, -0.25) is 14.9 Å². The fourth-order valence-corrected chi connectivity index (χ4v) is 2.68. The molecule has 1 fully saturated rings. The van der Waals surface area contributed by atoms with E-state index in [1.54, 1.807) is 20.8 Å². The highest BCUT2D eigenvalue weighted by atomic mass is 16.6. The van der Waals surface area contributed by atoms with Crippen molar-refractivity contribution < 1.29 is 33.5 Å². The number of nitrogens with one attached hydrogen (secondary N) is 1. The maximum atomic E-state index is 12.3. The largest absolute Gasteiger partial charge is 0.469 e. The van der Waals surface area contributed by atoms with Crippen LogP contribution in [0.4, 0.5) is 10.5 Å². The topological polar surface area (TPSA) is 134 Å². The number of carbonyl (C=O) groups is 3. The minimum absolute atomic E-state index is 0.114. The first-order valence-corrected chi connectivity index (χ1v) is 8.54. The number of nitro groups is 1. The van der Waals surface area contributed by atoms with E-state index in [1.165, 1.54) is 31.4 Å². The van der Waals surface area contributed by atoms with E-state index in [0.29, 0.717) is 0 Å². The summed E-state index contributed by atoms with van der Waals surface area (Å²) in [5.41, 5.74) is -0.780. The number of hydrogen-bond acceptors (Lipinski definition) is 8. The second kappa shape index (κ2) is 8.24. The zero-order valence-electron chi connectivity index (χ0n) is 16.0. The third kappa shape index (κ3) is 5.18. The molecule has 10 nitrogen and oxygen atoms in total. The van der Waals surface area contributed by atoms with Crippen molar-refractivity contribution in [2.45, 2.75) is 44.9 Å². The van der Waals surface area contributed by atoms with Crippen molar-refractivity contribution in [2.75, 3.05) is 7.11 Å². The quantitative estimate of drug-likeness (QED) is 0.348. The number of nitro benzene ring substituents is 1. The number of amides is 1. The van der Waals surface area contributed by atoms with E-state index in [1.807, 2.05) is 0 Å². The fourth-order valence-electron chi connectivity index (χ4n) is 2.68. The lowest BCUT2D eigenvalue weighted by molar-refractivity contribution is -0.384. The third-order valence-electron chi connectivity index (χ3n) is 4.08. The number of carbonyl (C=O) groups excluding carboxylic acids is 3. The van der Waals surface area contributed by atoms with Crippen LogP contribution < -0.4 is 5.32 Å². The van der Waals surface area contributed by atoms with Crippen molar-refractivity contribution in [3.8, 4) is 0 Å². The number of ether oxygens (including phenoxy) is 3. The first-order chi connectivity index (χ1) is 13.0. The Hall–Kier alpha value is -3.17. The molecule has 0 saturated heterocycles. The molecule has 28 heavy (non-hydrogen) atoms. The van der Waals surface area contributed by atoms with Crippen molar-refractivity contribution in [1.82, 2.24) is 5.32 Å². The molecule has 0 spiro atoms. The summed E-state index contributed by atoms with van der Waals surface area (Å²) in [6.07, 6.45) is -1.34. The SMILES string of the molecule is COC(=O)[C@@H]1C[C@@H](OC(=O)c2ccc([N+](=O)[O-])cc2)[C@@H]1NC(=O)OC(C)(C)C. The van der Waals surface area contributed by atoms with Crippen molar-refractivity contribution >= 4 is 23.7 Å². The molecule has 0 bridgehead atoms. The van der Waals surface area contributed by atoms with E-state index in [9.17, 15) is 24.5 Å². The van der Waals surface area contributed by atoms with Crippen LogP contribution in [-0.4, -0.2) is 47.8 Å². The number of hydrogen-bond donors (Lipinski definition) is 1. The molecule has 1 aromatic rings. The van der Waals surface area contributed by atoms with Crippen LogP contribution >= 0.6 is 0 Å². The molecule has 2 rings (SSSR count). The van der Waals surface area contributed by atoms with Gasteiger partial charge in [-0.2, -0.15) is 0 Å². The Balaban J connectivity index is 2.05. The number of esters is 2. The fraction of sp³-hybridized carbons (Fsp3) is 0.500. The Kier molecular flexibility index (Phi) is 6.22. The number of benzene rings is 1. The van der Waals surface area contributed by atoms with Crippen LogP contribution in [-0.2, 0) is 19.0 Å². The van der Waals surface area contributed by atoms with Crippen molar-refractivity contribution in [3.63, 3.8) is 0 Å². The number of methoxy groups -OCH3 is 1. The Bertz CT molecular complexity index is 769. The predicted molar refractivity (Wildman–Crippen MR) is 95.6 cm³/mol. The van der Waals surface area contributed by atoms with Gasteiger partial charge in [0.1, 0.15) is 11.7 Å². The van der Waals surface area contributed by atoms with Crippen LogP contribution in [0.15, 0.2) is 24.3 Å². The van der Waals surface area contributed by atoms with Gasteiger partial charge in [-0.15, -0.1) is 0 Å². The summed E-state index contributed by atoms with van der Waals surface area (Å²) in [4.78, 5) is 46.3. The van der Waals surface area contributed by atoms with Gasteiger partial charge in [-0.25, -0.2) is 9.59 Å². The average molecular weight is 394 g/mol. The molecule has 0 radical (unpaired) electrons. The van der Waals surface area contributed by atoms with Crippen molar-refractivity contribution in [1.29, 1.82) is 0 Å². The summed E-state index contributed by atoms with van der Waals surface area (Å²) in [7, 11) is 1.23. The van der Waals surface area contributed by atoms with E-state index < -0.39 is 46.6 Å². The number of alkyl carbamates (subject to hydrolysis) is 1. The number of rotatable bonds is 5. The molecule has 0 unspecified atom stereocenters.